The van der Waals surface area contributed by atoms with Crippen LogP contribution in [0.15, 0.2) is 30.3 Å². The van der Waals surface area contributed by atoms with Crippen molar-refractivity contribution in [2.24, 2.45) is 0 Å². The van der Waals surface area contributed by atoms with Crippen LogP contribution in [-0.4, -0.2) is 132 Å². The van der Waals surface area contributed by atoms with Crippen molar-refractivity contribution in [3.63, 3.8) is 0 Å². The zero-order valence-corrected chi connectivity index (χ0v) is 27.9. The quantitative estimate of drug-likeness (QED) is 0.125. The highest BCUT2D eigenvalue weighted by molar-refractivity contribution is 5.87. The first-order valence-electron chi connectivity index (χ1n) is 15.3. The van der Waals surface area contributed by atoms with E-state index < -0.39 is 117 Å². The van der Waals surface area contributed by atoms with Crippen LogP contribution in [-0.2, 0) is 71.4 Å². The number of phenols is 1. The van der Waals surface area contributed by atoms with E-state index in [0.717, 1.165) is 40.7 Å². The molecule has 0 aliphatic carbocycles. The Hall–Kier alpha value is -4.62. The molecule has 18 heteroatoms. The fourth-order valence-electron chi connectivity index (χ4n) is 5.11. The third-order valence-corrected chi connectivity index (χ3v) is 7.26. The highest BCUT2D eigenvalue weighted by atomic mass is 16.8. The molecule has 0 spiro atoms. The number of carbonyl (C=O) groups excluding carboxylic acids is 6. The van der Waals surface area contributed by atoms with Crippen LogP contribution in [0.5, 0.6) is 5.75 Å². The van der Waals surface area contributed by atoms with Gasteiger partial charge >= 0.3 is 35.8 Å². The first kappa shape index (κ1) is 39.8. The van der Waals surface area contributed by atoms with Crippen LogP contribution in [0.4, 0.5) is 0 Å². The Morgan fingerprint density at radius 1 is 0.700 bits per heavy atom. The number of aromatic hydroxyl groups is 1. The van der Waals surface area contributed by atoms with E-state index in [0.29, 0.717) is 5.56 Å². The van der Waals surface area contributed by atoms with Gasteiger partial charge in [0.2, 0.25) is 5.79 Å². The number of carbonyl (C=O) groups is 6. The lowest BCUT2D eigenvalue weighted by atomic mass is 9.94. The lowest BCUT2D eigenvalue weighted by Crippen LogP contribution is -2.63. The Bertz CT molecular complexity index is 1410. The maximum absolute atomic E-state index is 12.5. The number of esters is 6. The van der Waals surface area contributed by atoms with Crippen molar-refractivity contribution >= 4 is 41.9 Å². The molecule has 9 unspecified atom stereocenters. The second-order valence-corrected chi connectivity index (χ2v) is 11.3. The third-order valence-electron chi connectivity index (χ3n) is 7.26. The van der Waals surface area contributed by atoms with Gasteiger partial charge in [0.15, 0.2) is 24.4 Å². The molecule has 0 amide bonds. The first-order chi connectivity index (χ1) is 23.5. The van der Waals surface area contributed by atoms with Gasteiger partial charge in [-0.05, 0) is 23.8 Å². The van der Waals surface area contributed by atoms with Crippen LogP contribution in [0.3, 0.4) is 0 Å². The maximum Gasteiger partial charge on any atom is 0.330 e. The highest BCUT2D eigenvalue weighted by Gasteiger charge is 2.60. The third kappa shape index (κ3) is 11.2. The van der Waals surface area contributed by atoms with Gasteiger partial charge in [0.05, 0.1) is 6.61 Å². The second kappa shape index (κ2) is 17.9. The number of aliphatic hydroxyl groups is 2. The monoisotopic (exact) mass is 712 g/mol. The summed E-state index contributed by atoms with van der Waals surface area (Å²) in [5.74, 6) is -7.23. The van der Waals surface area contributed by atoms with Gasteiger partial charge in [0, 0.05) is 40.7 Å². The molecule has 1 aromatic rings. The minimum Gasteiger partial charge on any atom is -0.508 e. The van der Waals surface area contributed by atoms with Gasteiger partial charge < -0.3 is 58.0 Å². The molecule has 2 heterocycles. The Kier molecular flexibility index (Phi) is 14.2. The summed E-state index contributed by atoms with van der Waals surface area (Å²) in [5, 5.41) is 32.0. The summed E-state index contributed by atoms with van der Waals surface area (Å²) < 4.78 is 48.8. The topological polar surface area (TPSA) is 246 Å². The lowest BCUT2D eigenvalue weighted by Gasteiger charge is -2.44. The molecule has 2 saturated heterocycles. The second-order valence-electron chi connectivity index (χ2n) is 11.3. The smallest absolute Gasteiger partial charge is 0.330 e. The summed E-state index contributed by atoms with van der Waals surface area (Å²) in [6, 6.07) is 5.92. The molecule has 9 atom stereocenters. The molecular formula is C32H40O18. The van der Waals surface area contributed by atoms with Gasteiger partial charge in [-0.3, -0.25) is 24.0 Å². The maximum atomic E-state index is 12.5. The van der Waals surface area contributed by atoms with Crippen LogP contribution in [0.25, 0.3) is 6.08 Å². The molecule has 0 bridgehead atoms. The van der Waals surface area contributed by atoms with Crippen molar-refractivity contribution in [2.75, 3.05) is 26.4 Å². The van der Waals surface area contributed by atoms with Gasteiger partial charge in [-0.15, -0.1) is 0 Å². The molecule has 3 rings (SSSR count). The van der Waals surface area contributed by atoms with Crippen molar-refractivity contribution in [3.8, 4) is 5.75 Å². The zero-order valence-electron chi connectivity index (χ0n) is 27.9. The van der Waals surface area contributed by atoms with Crippen molar-refractivity contribution in [1.29, 1.82) is 0 Å². The van der Waals surface area contributed by atoms with E-state index in [1.165, 1.54) is 18.2 Å². The minimum absolute atomic E-state index is 0.0272. The lowest BCUT2D eigenvalue weighted by molar-refractivity contribution is -0.306. The Morgan fingerprint density at radius 3 is 1.84 bits per heavy atom. The summed E-state index contributed by atoms with van der Waals surface area (Å²) in [4.78, 5) is 71.7. The molecule has 2 aliphatic rings. The molecule has 0 aromatic heterocycles. The molecule has 1 aromatic carbocycles. The Morgan fingerprint density at radius 2 is 1.26 bits per heavy atom. The number of hydrogen-bond acceptors (Lipinski definition) is 18. The van der Waals surface area contributed by atoms with Crippen molar-refractivity contribution in [2.45, 2.75) is 89.2 Å². The van der Waals surface area contributed by atoms with Gasteiger partial charge in [0.25, 0.3) is 0 Å². The molecule has 50 heavy (non-hydrogen) atoms. The SMILES string of the molecule is CC(=O)OCC1OC(COC2(COC(C)=O)OC(COC(=O)C=Cc3ccc(O)cc3)C(OC(C)=O)C2O)C(O)C(OC(C)=O)C1OC(C)=O. The molecular weight excluding hydrogens is 672 g/mol. The minimum atomic E-state index is -2.32. The van der Waals surface area contributed by atoms with Gasteiger partial charge in [-0.1, -0.05) is 12.1 Å². The fraction of sp³-hybridized carbons (Fsp3) is 0.562. The van der Waals surface area contributed by atoms with Gasteiger partial charge in [0.1, 0.15) is 50.0 Å². The largest absolute Gasteiger partial charge is 0.508 e. The van der Waals surface area contributed by atoms with E-state index >= 15 is 0 Å². The summed E-state index contributed by atoms with van der Waals surface area (Å²) in [6.45, 7) is 2.73. The van der Waals surface area contributed by atoms with Crippen LogP contribution in [0, 0.1) is 0 Å². The molecule has 3 N–H and O–H groups in total. The number of phenolic OH excluding ortho intramolecular Hbond substituents is 1. The van der Waals surface area contributed by atoms with E-state index in [9.17, 15) is 44.1 Å². The zero-order chi connectivity index (χ0) is 37.2. The van der Waals surface area contributed by atoms with Crippen molar-refractivity contribution in [1.82, 2.24) is 0 Å². The van der Waals surface area contributed by atoms with Crippen molar-refractivity contribution < 1.29 is 86.7 Å². The Labute approximate surface area is 286 Å². The van der Waals surface area contributed by atoms with E-state index in [4.69, 9.17) is 42.6 Å². The molecule has 18 nitrogen and oxygen atoms in total. The summed E-state index contributed by atoms with van der Waals surface area (Å²) in [6.07, 6.45) is -9.79. The number of ether oxygens (including phenoxy) is 9. The number of benzene rings is 1. The van der Waals surface area contributed by atoms with Crippen LogP contribution < -0.4 is 0 Å². The van der Waals surface area contributed by atoms with Gasteiger partial charge in [-0.2, -0.15) is 0 Å². The molecule has 0 radical (unpaired) electrons. The molecule has 0 saturated carbocycles. The van der Waals surface area contributed by atoms with E-state index in [1.54, 1.807) is 12.1 Å². The summed E-state index contributed by atoms with van der Waals surface area (Å²) in [7, 11) is 0. The van der Waals surface area contributed by atoms with Gasteiger partial charge in [-0.25, -0.2) is 4.79 Å². The first-order valence-corrected chi connectivity index (χ1v) is 15.3. The predicted molar refractivity (Wildman–Crippen MR) is 162 cm³/mol. The average Bonchev–Trinajstić information content (AvgIpc) is 3.28. The summed E-state index contributed by atoms with van der Waals surface area (Å²) >= 11 is 0. The summed E-state index contributed by atoms with van der Waals surface area (Å²) in [5.41, 5.74) is 0.566. The average molecular weight is 713 g/mol. The van der Waals surface area contributed by atoms with Crippen LogP contribution in [0.2, 0.25) is 0 Å². The van der Waals surface area contributed by atoms with Crippen LogP contribution in [0.1, 0.15) is 40.2 Å². The van der Waals surface area contributed by atoms with E-state index in [-0.39, 0.29) is 5.75 Å². The normalized spacial score (nSPS) is 29.1. The number of aliphatic hydroxyl groups excluding tert-OH is 2. The predicted octanol–water partition coefficient (Wildman–Crippen LogP) is -0.529. The molecule has 2 fully saturated rings. The number of hydrogen-bond donors (Lipinski definition) is 3. The van der Waals surface area contributed by atoms with Crippen molar-refractivity contribution in [3.05, 3.63) is 35.9 Å². The van der Waals surface area contributed by atoms with E-state index in [1.807, 2.05) is 0 Å². The number of rotatable bonds is 14. The van der Waals surface area contributed by atoms with E-state index in [2.05, 4.69) is 0 Å². The highest BCUT2D eigenvalue weighted by Crippen LogP contribution is 2.37. The fourth-order valence-corrected chi connectivity index (χ4v) is 5.11. The van der Waals surface area contributed by atoms with Crippen LogP contribution >= 0.6 is 0 Å². The standard InChI is InChI=1S/C32H40O18/c1-16(33)42-12-24-28(46-18(3)35)30(48-20(5)37)27(40)23(49-24)14-45-32(15-44-17(2)34)31(41)29(47-19(4)36)25(50-32)13-43-26(39)11-8-21-6-9-22(38)10-7-21/h6-11,23-25,27-31,38,40-41H,12-15H2,1-5H3. The molecule has 2 aliphatic heterocycles. The molecule has 276 valence electrons. The Balaban J connectivity index is 1.86.